The van der Waals surface area contributed by atoms with Gasteiger partial charge < -0.3 is 9.13 Å². The van der Waals surface area contributed by atoms with Crippen molar-refractivity contribution in [2.24, 2.45) is 14.1 Å². The molecule has 4 heteroatoms. The van der Waals surface area contributed by atoms with Crippen LogP contribution in [-0.2, 0) is 14.1 Å². The molecule has 0 amide bonds. The summed E-state index contributed by atoms with van der Waals surface area (Å²) in [6, 6.07) is 0. The Morgan fingerprint density at radius 2 is 1.24 bits per heavy atom. The fourth-order valence-electron chi connectivity index (χ4n) is 1.01. The molecule has 0 atom stereocenters. The molecule has 0 saturated heterocycles. The van der Waals surface area contributed by atoms with Crippen LogP contribution < -0.4 is 0 Å². The summed E-state index contributed by atoms with van der Waals surface area (Å²) in [6.07, 6.45) is 14.9. The molecular formula is C13H24N4. The van der Waals surface area contributed by atoms with Gasteiger partial charge in [0.05, 0.1) is 12.7 Å². The average Bonchev–Trinajstić information content (AvgIpc) is 2.95. The molecule has 0 aliphatic carbocycles. The average molecular weight is 236 g/mol. The summed E-state index contributed by atoms with van der Waals surface area (Å²) in [4.78, 5) is 7.57. The fourth-order valence-corrected chi connectivity index (χ4v) is 1.01. The van der Waals surface area contributed by atoms with E-state index in [2.05, 4.69) is 23.8 Å². The first-order valence-corrected chi connectivity index (χ1v) is 6.04. The number of aryl methyl sites for hydroxylation is 2. The Bertz CT molecular complexity index is 290. The van der Waals surface area contributed by atoms with E-state index in [0.29, 0.717) is 0 Å². The summed E-state index contributed by atoms with van der Waals surface area (Å²) in [5.74, 6) is 0. The third kappa shape index (κ3) is 10.7. The molecule has 2 aromatic heterocycles. The first-order chi connectivity index (χ1) is 8.20. The van der Waals surface area contributed by atoms with Gasteiger partial charge in [-0.2, -0.15) is 0 Å². The third-order valence-corrected chi connectivity index (χ3v) is 1.98. The molecule has 4 nitrogen and oxygen atoms in total. The monoisotopic (exact) mass is 236 g/mol. The Morgan fingerprint density at radius 3 is 1.29 bits per heavy atom. The van der Waals surface area contributed by atoms with Gasteiger partial charge >= 0.3 is 0 Å². The van der Waals surface area contributed by atoms with Crippen molar-refractivity contribution in [2.45, 2.75) is 33.1 Å². The highest BCUT2D eigenvalue weighted by molar-refractivity contribution is 4.70. The highest BCUT2D eigenvalue weighted by Crippen LogP contribution is 1.88. The topological polar surface area (TPSA) is 35.6 Å². The van der Waals surface area contributed by atoms with E-state index in [1.54, 1.807) is 25.0 Å². The predicted octanol–water partition coefficient (Wildman–Crippen LogP) is 3.04. The summed E-state index contributed by atoms with van der Waals surface area (Å²) in [5.41, 5.74) is 0. The zero-order chi connectivity index (χ0) is 12.9. The van der Waals surface area contributed by atoms with Gasteiger partial charge in [0.2, 0.25) is 0 Å². The smallest absolute Gasteiger partial charge is 0.0943 e. The lowest BCUT2D eigenvalue weighted by Crippen LogP contribution is -1.76. The van der Waals surface area contributed by atoms with Crippen molar-refractivity contribution in [1.29, 1.82) is 0 Å². The van der Waals surface area contributed by atoms with Gasteiger partial charge in [0.25, 0.3) is 0 Å². The SMILES string of the molecule is CCCCC.Cn1ccnc1.Cn1ccnc1. The molecule has 17 heavy (non-hydrogen) atoms. The van der Waals surface area contributed by atoms with Gasteiger partial charge in [0, 0.05) is 38.9 Å². The maximum Gasteiger partial charge on any atom is 0.0943 e. The zero-order valence-electron chi connectivity index (χ0n) is 11.4. The number of unbranched alkanes of at least 4 members (excludes halogenated alkanes) is 2. The molecule has 0 saturated carbocycles. The van der Waals surface area contributed by atoms with Gasteiger partial charge in [-0.15, -0.1) is 0 Å². The molecule has 0 radical (unpaired) electrons. The van der Waals surface area contributed by atoms with Gasteiger partial charge in [-0.05, 0) is 0 Å². The van der Waals surface area contributed by atoms with Crippen molar-refractivity contribution in [1.82, 2.24) is 19.1 Å². The zero-order valence-corrected chi connectivity index (χ0v) is 11.4. The van der Waals surface area contributed by atoms with E-state index in [1.165, 1.54) is 19.3 Å². The van der Waals surface area contributed by atoms with Crippen LogP contribution in [-0.4, -0.2) is 19.1 Å². The van der Waals surface area contributed by atoms with Crippen molar-refractivity contribution in [3.8, 4) is 0 Å². The molecular weight excluding hydrogens is 212 g/mol. The minimum Gasteiger partial charge on any atom is -0.341 e. The van der Waals surface area contributed by atoms with Crippen molar-refractivity contribution in [3.63, 3.8) is 0 Å². The van der Waals surface area contributed by atoms with E-state index in [4.69, 9.17) is 0 Å². The quantitative estimate of drug-likeness (QED) is 0.803. The van der Waals surface area contributed by atoms with Gasteiger partial charge in [-0.25, -0.2) is 9.97 Å². The third-order valence-electron chi connectivity index (χ3n) is 1.98. The molecule has 0 bridgehead atoms. The molecule has 2 rings (SSSR count). The van der Waals surface area contributed by atoms with Crippen LogP contribution in [0.2, 0.25) is 0 Å². The van der Waals surface area contributed by atoms with E-state index in [0.717, 1.165) is 0 Å². The summed E-state index contributed by atoms with van der Waals surface area (Å²) < 4.78 is 3.78. The van der Waals surface area contributed by atoms with Crippen LogP contribution in [0.1, 0.15) is 33.1 Å². The van der Waals surface area contributed by atoms with Crippen molar-refractivity contribution >= 4 is 0 Å². The minimum absolute atomic E-state index is 1.34. The van der Waals surface area contributed by atoms with E-state index >= 15 is 0 Å². The lowest BCUT2D eigenvalue weighted by molar-refractivity contribution is 0.772. The molecule has 0 aliphatic rings. The summed E-state index contributed by atoms with van der Waals surface area (Å²) in [7, 11) is 3.88. The first kappa shape index (κ1) is 15.4. The Balaban J connectivity index is 0.000000228. The van der Waals surface area contributed by atoms with Crippen LogP contribution in [0.5, 0.6) is 0 Å². The Morgan fingerprint density at radius 1 is 0.824 bits per heavy atom. The number of rotatable bonds is 2. The van der Waals surface area contributed by atoms with Crippen molar-refractivity contribution in [3.05, 3.63) is 37.4 Å². The highest BCUT2D eigenvalue weighted by atomic mass is 15.0. The van der Waals surface area contributed by atoms with Crippen LogP contribution in [0.25, 0.3) is 0 Å². The van der Waals surface area contributed by atoms with E-state index in [-0.39, 0.29) is 0 Å². The second-order valence-electron chi connectivity index (χ2n) is 3.81. The summed E-state index contributed by atoms with van der Waals surface area (Å²) in [6.45, 7) is 4.42. The van der Waals surface area contributed by atoms with Crippen LogP contribution >= 0.6 is 0 Å². The van der Waals surface area contributed by atoms with Crippen molar-refractivity contribution < 1.29 is 0 Å². The second-order valence-corrected chi connectivity index (χ2v) is 3.81. The van der Waals surface area contributed by atoms with E-state index in [1.807, 2.05) is 35.6 Å². The molecule has 0 aromatic carbocycles. The molecule has 0 aliphatic heterocycles. The minimum atomic E-state index is 1.34. The number of nitrogens with zero attached hydrogens (tertiary/aromatic N) is 4. The van der Waals surface area contributed by atoms with Gasteiger partial charge in [0.1, 0.15) is 0 Å². The Kier molecular flexibility index (Phi) is 9.91. The molecule has 0 unspecified atom stereocenters. The molecule has 0 N–H and O–H groups in total. The lowest BCUT2D eigenvalue weighted by Gasteiger charge is -1.79. The normalized spacial score (nSPS) is 8.71. The maximum absolute atomic E-state index is 3.78. The molecule has 0 spiro atoms. The van der Waals surface area contributed by atoms with Gasteiger partial charge in [0.15, 0.2) is 0 Å². The molecule has 96 valence electrons. The summed E-state index contributed by atoms with van der Waals surface area (Å²) in [5, 5.41) is 0. The fraction of sp³-hybridized carbons (Fsp3) is 0.538. The van der Waals surface area contributed by atoms with Crippen LogP contribution in [0.4, 0.5) is 0 Å². The van der Waals surface area contributed by atoms with Crippen LogP contribution in [0.15, 0.2) is 37.4 Å². The van der Waals surface area contributed by atoms with Crippen LogP contribution in [0, 0.1) is 0 Å². The largest absolute Gasteiger partial charge is 0.341 e. The first-order valence-electron chi connectivity index (χ1n) is 6.04. The highest BCUT2D eigenvalue weighted by Gasteiger charge is 1.70. The number of aromatic nitrogens is 4. The van der Waals surface area contributed by atoms with Gasteiger partial charge in [-0.3, -0.25) is 0 Å². The number of hydrogen-bond donors (Lipinski definition) is 0. The van der Waals surface area contributed by atoms with E-state index < -0.39 is 0 Å². The van der Waals surface area contributed by atoms with Gasteiger partial charge in [-0.1, -0.05) is 33.1 Å². The second kappa shape index (κ2) is 10.9. The predicted molar refractivity (Wildman–Crippen MR) is 71.6 cm³/mol. The Hall–Kier alpha value is -1.58. The molecule has 0 fully saturated rings. The number of imidazole rings is 2. The standard InChI is InChI=1S/C5H12.2C4H6N2/c1-3-5-4-2;2*1-6-3-2-5-4-6/h3-5H2,1-2H3;2*2-4H,1H3. The lowest BCUT2D eigenvalue weighted by atomic mass is 10.3. The number of hydrogen-bond acceptors (Lipinski definition) is 2. The molecule has 2 aromatic rings. The van der Waals surface area contributed by atoms with E-state index in [9.17, 15) is 0 Å². The molecule has 2 heterocycles. The Labute approximate surface area is 104 Å². The van der Waals surface area contributed by atoms with Crippen molar-refractivity contribution in [2.75, 3.05) is 0 Å². The maximum atomic E-state index is 3.78. The van der Waals surface area contributed by atoms with Crippen LogP contribution in [0.3, 0.4) is 0 Å². The summed E-state index contributed by atoms with van der Waals surface area (Å²) >= 11 is 0.